The second kappa shape index (κ2) is 6.48. The number of carbonyl (C=O) groups is 1. The fourth-order valence-corrected chi connectivity index (χ4v) is 3.52. The van der Waals surface area contributed by atoms with Crippen LogP contribution >= 0.6 is 0 Å². The summed E-state index contributed by atoms with van der Waals surface area (Å²) in [4.78, 5) is 18.8. The molecule has 2 aromatic heterocycles. The minimum absolute atomic E-state index is 0.136. The van der Waals surface area contributed by atoms with E-state index in [0.717, 1.165) is 43.4 Å². The first-order valence-corrected chi connectivity index (χ1v) is 8.54. The molecular weight excluding hydrogens is 298 g/mol. The van der Waals surface area contributed by atoms with E-state index in [0.29, 0.717) is 5.92 Å². The molecule has 24 heavy (non-hydrogen) atoms. The lowest BCUT2D eigenvalue weighted by atomic mass is 9.90. The summed E-state index contributed by atoms with van der Waals surface area (Å²) in [6.45, 7) is 1.70. The number of imidazole rings is 1. The molecule has 1 saturated heterocycles. The van der Waals surface area contributed by atoms with Gasteiger partial charge in [-0.25, -0.2) is 4.98 Å². The van der Waals surface area contributed by atoms with Crippen LogP contribution in [-0.2, 0) is 6.42 Å². The zero-order chi connectivity index (χ0) is 16.4. The van der Waals surface area contributed by atoms with Crippen LogP contribution in [0, 0.1) is 5.92 Å². The van der Waals surface area contributed by atoms with Gasteiger partial charge < -0.3 is 9.30 Å². The van der Waals surface area contributed by atoms with Gasteiger partial charge in [-0.1, -0.05) is 30.3 Å². The third-order valence-corrected chi connectivity index (χ3v) is 4.93. The summed E-state index contributed by atoms with van der Waals surface area (Å²) in [6, 6.07) is 14.4. The molecule has 0 spiro atoms. The number of nitrogens with zero attached hydrogens (tertiary/aromatic N) is 3. The summed E-state index contributed by atoms with van der Waals surface area (Å²) >= 11 is 0. The summed E-state index contributed by atoms with van der Waals surface area (Å²) in [5, 5.41) is 0. The van der Waals surface area contributed by atoms with Crippen molar-refractivity contribution in [3.63, 3.8) is 0 Å². The Balaban J connectivity index is 1.39. The molecule has 0 radical (unpaired) electrons. The molecule has 1 aliphatic heterocycles. The van der Waals surface area contributed by atoms with Gasteiger partial charge in [-0.15, -0.1) is 0 Å². The maximum Gasteiger partial charge on any atom is 0.253 e. The van der Waals surface area contributed by atoms with E-state index >= 15 is 0 Å². The molecule has 0 bridgehead atoms. The van der Waals surface area contributed by atoms with Gasteiger partial charge in [-0.05, 0) is 42.9 Å². The lowest BCUT2D eigenvalue weighted by molar-refractivity contribution is 0.0690. The standard InChI is InChI=1S/C20H21N3O/c24-20(18-8-11-23-15-21-14-19(23)13-18)22-9-6-17(7-10-22)12-16-4-2-1-3-5-16/h1-5,8,11,13-15,17H,6-7,9-10,12H2. The van der Waals surface area contributed by atoms with E-state index in [4.69, 9.17) is 0 Å². The van der Waals surface area contributed by atoms with E-state index in [1.165, 1.54) is 5.56 Å². The number of hydrogen-bond donors (Lipinski definition) is 0. The molecule has 122 valence electrons. The predicted molar refractivity (Wildman–Crippen MR) is 94.0 cm³/mol. The van der Waals surface area contributed by atoms with Crippen LogP contribution in [0.4, 0.5) is 0 Å². The van der Waals surface area contributed by atoms with E-state index in [1.807, 2.05) is 27.6 Å². The number of aromatic nitrogens is 2. The van der Waals surface area contributed by atoms with Crippen LogP contribution in [0.25, 0.3) is 5.52 Å². The number of rotatable bonds is 3. The predicted octanol–water partition coefficient (Wildman–Crippen LogP) is 3.43. The molecule has 0 aliphatic carbocycles. The van der Waals surface area contributed by atoms with Crippen LogP contribution < -0.4 is 0 Å². The van der Waals surface area contributed by atoms with E-state index in [2.05, 4.69) is 35.3 Å². The van der Waals surface area contributed by atoms with Crippen molar-refractivity contribution in [1.82, 2.24) is 14.3 Å². The van der Waals surface area contributed by atoms with Crippen LogP contribution in [0.3, 0.4) is 0 Å². The number of benzene rings is 1. The van der Waals surface area contributed by atoms with Gasteiger partial charge in [-0.2, -0.15) is 0 Å². The van der Waals surface area contributed by atoms with E-state index in [9.17, 15) is 4.79 Å². The average Bonchev–Trinajstić information content (AvgIpc) is 3.10. The molecule has 4 nitrogen and oxygen atoms in total. The lowest BCUT2D eigenvalue weighted by Gasteiger charge is -2.32. The van der Waals surface area contributed by atoms with E-state index < -0.39 is 0 Å². The fourth-order valence-electron chi connectivity index (χ4n) is 3.52. The number of piperidine rings is 1. The summed E-state index contributed by atoms with van der Waals surface area (Å²) in [6.07, 6.45) is 8.70. The number of likely N-dealkylation sites (tertiary alicyclic amines) is 1. The van der Waals surface area contributed by atoms with Gasteiger partial charge in [0.1, 0.15) is 0 Å². The van der Waals surface area contributed by atoms with Crippen LogP contribution in [0.1, 0.15) is 28.8 Å². The first-order valence-electron chi connectivity index (χ1n) is 8.54. The molecule has 0 N–H and O–H groups in total. The van der Waals surface area contributed by atoms with Crippen molar-refractivity contribution in [2.75, 3.05) is 13.1 Å². The van der Waals surface area contributed by atoms with Gasteiger partial charge in [0.2, 0.25) is 0 Å². The second-order valence-corrected chi connectivity index (χ2v) is 6.57. The summed E-state index contributed by atoms with van der Waals surface area (Å²) in [7, 11) is 0. The first kappa shape index (κ1) is 14.9. The highest BCUT2D eigenvalue weighted by molar-refractivity contribution is 5.95. The van der Waals surface area contributed by atoms with Crippen molar-refractivity contribution in [1.29, 1.82) is 0 Å². The zero-order valence-electron chi connectivity index (χ0n) is 13.6. The van der Waals surface area contributed by atoms with Gasteiger partial charge in [0, 0.05) is 24.8 Å². The highest BCUT2D eigenvalue weighted by Crippen LogP contribution is 2.23. The van der Waals surface area contributed by atoms with Crippen molar-refractivity contribution in [2.45, 2.75) is 19.3 Å². The SMILES string of the molecule is O=C(c1ccn2cncc2c1)N1CCC(Cc2ccccc2)CC1. The molecule has 0 saturated carbocycles. The molecule has 0 unspecified atom stereocenters. The smallest absolute Gasteiger partial charge is 0.253 e. The molecule has 1 amide bonds. The topological polar surface area (TPSA) is 37.6 Å². The first-order chi connectivity index (χ1) is 11.8. The molecule has 3 heterocycles. The van der Waals surface area contributed by atoms with Gasteiger partial charge in [0.25, 0.3) is 5.91 Å². The summed E-state index contributed by atoms with van der Waals surface area (Å²) < 4.78 is 1.92. The number of amides is 1. The van der Waals surface area contributed by atoms with Crippen LogP contribution in [0.15, 0.2) is 61.2 Å². The molecule has 3 aromatic rings. The minimum Gasteiger partial charge on any atom is -0.339 e. The van der Waals surface area contributed by atoms with Crippen molar-refractivity contribution >= 4 is 11.4 Å². The fraction of sp³-hybridized carbons (Fsp3) is 0.300. The molecule has 1 aromatic carbocycles. The molecule has 0 atom stereocenters. The number of pyridine rings is 1. The Morgan fingerprint density at radius 1 is 1.12 bits per heavy atom. The molecule has 4 heteroatoms. The maximum absolute atomic E-state index is 12.7. The largest absolute Gasteiger partial charge is 0.339 e. The summed E-state index contributed by atoms with van der Waals surface area (Å²) in [5.41, 5.74) is 3.11. The highest BCUT2D eigenvalue weighted by atomic mass is 16.2. The Hall–Kier alpha value is -2.62. The summed E-state index contributed by atoms with van der Waals surface area (Å²) in [5.74, 6) is 0.811. The number of fused-ring (bicyclic) bond motifs is 1. The van der Waals surface area contributed by atoms with Crippen molar-refractivity contribution in [3.8, 4) is 0 Å². The third kappa shape index (κ3) is 3.04. The molecular formula is C20H21N3O. The third-order valence-electron chi connectivity index (χ3n) is 4.93. The Labute approximate surface area is 141 Å². The Kier molecular flexibility index (Phi) is 4.03. The average molecular weight is 319 g/mol. The Morgan fingerprint density at radius 2 is 1.92 bits per heavy atom. The zero-order valence-corrected chi connectivity index (χ0v) is 13.6. The van der Waals surface area contributed by atoms with E-state index in [1.54, 1.807) is 12.5 Å². The maximum atomic E-state index is 12.7. The van der Waals surface area contributed by atoms with Crippen molar-refractivity contribution in [2.24, 2.45) is 5.92 Å². The molecule has 1 aliphatic rings. The number of carbonyl (C=O) groups excluding carboxylic acids is 1. The lowest BCUT2D eigenvalue weighted by Crippen LogP contribution is -2.38. The van der Waals surface area contributed by atoms with Crippen LogP contribution in [0.2, 0.25) is 0 Å². The minimum atomic E-state index is 0.136. The Morgan fingerprint density at radius 3 is 2.71 bits per heavy atom. The van der Waals surface area contributed by atoms with Gasteiger partial charge in [0.05, 0.1) is 18.0 Å². The van der Waals surface area contributed by atoms with Crippen molar-refractivity contribution < 1.29 is 4.79 Å². The normalized spacial score (nSPS) is 15.8. The van der Waals surface area contributed by atoms with Gasteiger partial charge >= 0.3 is 0 Å². The van der Waals surface area contributed by atoms with Crippen molar-refractivity contribution in [3.05, 3.63) is 72.3 Å². The van der Waals surface area contributed by atoms with Crippen LogP contribution in [-0.4, -0.2) is 33.3 Å². The quantitative estimate of drug-likeness (QED) is 0.742. The highest BCUT2D eigenvalue weighted by Gasteiger charge is 2.23. The van der Waals surface area contributed by atoms with Gasteiger partial charge in [0.15, 0.2) is 0 Å². The Bertz CT molecular complexity index is 832. The second-order valence-electron chi connectivity index (χ2n) is 6.57. The molecule has 4 rings (SSSR count). The monoisotopic (exact) mass is 319 g/mol. The van der Waals surface area contributed by atoms with Crippen LogP contribution in [0.5, 0.6) is 0 Å². The van der Waals surface area contributed by atoms with E-state index in [-0.39, 0.29) is 5.91 Å². The molecule has 1 fully saturated rings. The number of hydrogen-bond acceptors (Lipinski definition) is 2. The van der Waals surface area contributed by atoms with Gasteiger partial charge in [-0.3, -0.25) is 4.79 Å².